The summed E-state index contributed by atoms with van der Waals surface area (Å²) in [5.74, 6) is 1.70. The monoisotopic (exact) mass is 502 g/mol. The highest BCUT2D eigenvalue weighted by Gasteiger charge is 2.30. The Balaban J connectivity index is 1.59. The maximum Gasteiger partial charge on any atom is 0.268 e. The molecule has 1 atom stereocenters. The maximum atomic E-state index is 14.1. The number of thiophene rings is 1. The molecule has 0 saturated carbocycles. The molecular weight excluding hydrogens is 476 g/mol. The zero-order valence-electron chi connectivity index (χ0n) is 19.9. The summed E-state index contributed by atoms with van der Waals surface area (Å²) in [7, 11) is 0. The van der Waals surface area contributed by atoms with Gasteiger partial charge in [-0.3, -0.25) is 4.79 Å². The number of aryl methyl sites for hydroxylation is 1. The normalized spacial score (nSPS) is 15.8. The molecule has 0 amide bonds. The second-order valence-corrected chi connectivity index (χ2v) is 11.4. The zero-order valence-corrected chi connectivity index (χ0v) is 21.5. The van der Waals surface area contributed by atoms with Crippen molar-refractivity contribution in [1.82, 2.24) is 19.2 Å². The lowest BCUT2D eigenvalue weighted by Crippen LogP contribution is -2.28. The Kier molecular flexibility index (Phi) is 5.75. The molecular formula is C27H26N4O2S2. The molecule has 0 aliphatic carbocycles. The number of hydrogen-bond acceptors (Lipinski definition) is 6. The number of fused-ring (bicyclic) bond motifs is 5. The van der Waals surface area contributed by atoms with E-state index in [-0.39, 0.29) is 11.7 Å². The standard InChI is InChI=1S/C27H26N4O2S2/c1-16(2)21-13-20-22(14-33-21)35-25-23(20)24(32)30(19-11-9-17(3)10-12-19)26-28-29-27(31(25)26)34-15-18-7-5-4-6-8-18/h4-12,16,21H,13-15H2,1-3H3/t21-/m0/s1. The van der Waals surface area contributed by atoms with Gasteiger partial charge in [0.05, 0.1) is 23.8 Å². The largest absolute Gasteiger partial charge is 0.372 e. The third-order valence-electron chi connectivity index (χ3n) is 6.59. The van der Waals surface area contributed by atoms with Crippen LogP contribution >= 0.6 is 23.1 Å². The Morgan fingerprint density at radius 1 is 1.11 bits per heavy atom. The first-order valence-electron chi connectivity index (χ1n) is 11.8. The van der Waals surface area contributed by atoms with Gasteiger partial charge in [0.1, 0.15) is 4.83 Å². The van der Waals surface area contributed by atoms with E-state index in [0.717, 1.165) is 49.2 Å². The van der Waals surface area contributed by atoms with Crippen molar-refractivity contribution in [1.29, 1.82) is 0 Å². The lowest BCUT2D eigenvalue weighted by molar-refractivity contribution is 0.00200. The van der Waals surface area contributed by atoms with Crippen LogP contribution in [0.3, 0.4) is 0 Å². The van der Waals surface area contributed by atoms with Gasteiger partial charge in [0.15, 0.2) is 5.16 Å². The Morgan fingerprint density at radius 2 is 1.89 bits per heavy atom. The minimum Gasteiger partial charge on any atom is -0.372 e. The highest BCUT2D eigenvalue weighted by molar-refractivity contribution is 7.98. The van der Waals surface area contributed by atoms with Crippen LogP contribution in [-0.4, -0.2) is 25.3 Å². The fourth-order valence-electron chi connectivity index (χ4n) is 4.61. The van der Waals surface area contributed by atoms with E-state index < -0.39 is 0 Å². The average Bonchev–Trinajstić information content (AvgIpc) is 3.45. The van der Waals surface area contributed by atoms with Gasteiger partial charge in [-0.15, -0.1) is 21.5 Å². The van der Waals surface area contributed by atoms with Crippen molar-refractivity contribution >= 4 is 39.1 Å². The van der Waals surface area contributed by atoms with Crippen molar-refractivity contribution in [2.75, 3.05) is 0 Å². The van der Waals surface area contributed by atoms with Gasteiger partial charge < -0.3 is 4.74 Å². The molecule has 0 unspecified atom stereocenters. The van der Waals surface area contributed by atoms with E-state index in [1.807, 2.05) is 49.4 Å². The molecule has 0 spiro atoms. The first-order valence-corrected chi connectivity index (χ1v) is 13.6. The van der Waals surface area contributed by atoms with E-state index in [4.69, 9.17) is 4.74 Å². The van der Waals surface area contributed by atoms with Crippen LogP contribution < -0.4 is 5.56 Å². The number of rotatable bonds is 5. The van der Waals surface area contributed by atoms with Crippen LogP contribution in [0.2, 0.25) is 0 Å². The van der Waals surface area contributed by atoms with Crippen molar-refractivity contribution in [2.24, 2.45) is 5.92 Å². The average molecular weight is 503 g/mol. The molecule has 1 aliphatic rings. The van der Waals surface area contributed by atoms with Gasteiger partial charge >= 0.3 is 0 Å². The number of thioether (sulfide) groups is 1. The Bertz CT molecular complexity index is 1580. The van der Waals surface area contributed by atoms with Gasteiger partial charge in [-0.05, 0) is 36.1 Å². The van der Waals surface area contributed by atoms with Crippen LogP contribution in [0.15, 0.2) is 64.5 Å². The Morgan fingerprint density at radius 3 is 2.63 bits per heavy atom. The van der Waals surface area contributed by atoms with Crippen LogP contribution in [0.5, 0.6) is 0 Å². The predicted molar refractivity (Wildman–Crippen MR) is 142 cm³/mol. The quantitative estimate of drug-likeness (QED) is 0.285. The fraction of sp³-hybridized carbons (Fsp3) is 0.296. The van der Waals surface area contributed by atoms with Crippen molar-refractivity contribution in [3.8, 4) is 5.69 Å². The molecule has 3 aromatic heterocycles. The van der Waals surface area contributed by atoms with E-state index in [1.54, 1.807) is 27.7 Å². The molecule has 0 saturated heterocycles. The van der Waals surface area contributed by atoms with E-state index in [2.05, 4.69) is 40.6 Å². The van der Waals surface area contributed by atoms with Gasteiger partial charge in [-0.25, -0.2) is 8.97 Å². The van der Waals surface area contributed by atoms with E-state index in [1.165, 1.54) is 5.56 Å². The molecule has 6 rings (SSSR count). The molecule has 0 bridgehead atoms. The van der Waals surface area contributed by atoms with Crippen molar-refractivity contribution in [2.45, 2.75) is 50.8 Å². The number of ether oxygens (including phenoxy) is 1. The molecule has 0 N–H and O–H groups in total. The summed E-state index contributed by atoms with van der Waals surface area (Å²) >= 11 is 3.27. The topological polar surface area (TPSA) is 61.4 Å². The van der Waals surface area contributed by atoms with Crippen LogP contribution in [-0.2, 0) is 23.5 Å². The van der Waals surface area contributed by atoms with Gasteiger partial charge in [0.2, 0.25) is 5.78 Å². The molecule has 1 aliphatic heterocycles. The summed E-state index contributed by atoms with van der Waals surface area (Å²) in [5.41, 5.74) is 4.24. The zero-order chi connectivity index (χ0) is 24.1. The molecule has 5 aromatic rings. The molecule has 4 heterocycles. The number of aromatic nitrogens is 4. The smallest absolute Gasteiger partial charge is 0.268 e. The lowest BCUT2D eigenvalue weighted by atomic mass is 9.96. The summed E-state index contributed by atoms with van der Waals surface area (Å²) in [4.78, 5) is 16.1. The van der Waals surface area contributed by atoms with Crippen molar-refractivity contribution < 1.29 is 4.74 Å². The van der Waals surface area contributed by atoms with Gasteiger partial charge in [0, 0.05) is 17.1 Å². The van der Waals surface area contributed by atoms with Gasteiger partial charge in [0.25, 0.3) is 5.56 Å². The van der Waals surface area contributed by atoms with Gasteiger partial charge in [-0.2, -0.15) is 0 Å². The number of nitrogens with zero attached hydrogens (tertiary/aromatic N) is 4. The van der Waals surface area contributed by atoms with E-state index in [9.17, 15) is 4.79 Å². The molecule has 178 valence electrons. The first kappa shape index (κ1) is 22.5. The molecule has 35 heavy (non-hydrogen) atoms. The second-order valence-electron chi connectivity index (χ2n) is 9.35. The van der Waals surface area contributed by atoms with Crippen LogP contribution in [0.1, 0.15) is 35.4 Å². The molecule has 6 nitrogen and oxygen atoms in total. The van der Waals surface area contributed by atoms with Crippen LogP contribution in [0.4, 0.5) is 0 Å². The second kappa shape index (κ2) is 8.93. The third kappa shape index (κ3) is 3.90. The van der Waals surface area contributed by atoms with Gasteiger partial charge in [-0.1, -0.05) is 73.6 Å². The SMILES string of the molecule is Cc1ccc(-n2c(=O)c3c4c(sc3n3c(SCc5ccccc5)nnc23)CO[C@H](C(C)C)C4)cc1. The third-order valence-corrected chi connectivity index (χ3v) is 8.78. The highest BCUT2D eigenvalue weighted by Crippen LogP contribution is 2.38. The van der Waals surface area contributed by atoms with E-state index >= 15 is 0 Å². The molecule has 0 fully saturated rings. The number of hydrogen-bond donors (Lipinski definition) is 0. The minimum absolute atomic E-state index is 0.0368. The summed E-state index contributed by atoms with van der Waals surface area (Å²) in [6.45, 7) is 6.93. The summed E-state index contributed by atoms with van der Waals surface area (Å²) in [6, 6.07) is 18.3. The highest BCUT2D eigenvalue weighted by atomic mass is 32.2. The number of benzene rings is 2. The van der Waals surface area contributed by atoms with Crippen molar-refractivity contribution in [3.05, 3.63) is 86.5 Å². The first-order chi connectivity index (χ1) is 17.0. The Hall–Kier alpha value is -2.94. The van der Waals surface area contributed by atoms with Crippen LogP contribution in [0.25, 0.3) is 21.7 Å². The predicted octanol–water partition coefficient (Wildman–Crippen LogP) is 5.79. The molecule has 2 aromatic carbocycles. The maximum absolute atomic E-state index is 14.1. The lowest BCUT2D eigenvalue weighted by Gasteiger charge is -2.26. The minimum atomic E-state index is -0.0368. The molecule has 0 radical (unpaired) electrons. The molecule has 8 heteroatoms. The summed E-state index contributed by atoms with van der Waals surface area (Å²) < 4.78 is 9.93. The Labute approximate surface area is 211 Å². The summed E-state index contributed by atoms with van der Waals surface area (Å²) in [6.07, 6.45) is 0.854. The van der Waals surface area contributed by atoms with Crippen LogP contribution in [0, 0.1) is 12.8 Å². The fourth-order valence-corrected chi connectivity index (χ4v) is 6.80. The summed E-state index contributed by atoms with van der Waals surface area (Å²) in [5, 5.41) is 10.6. The van der Waals surface area contributed by atoms with Crippen molar-refractivity contribution in [3.63, 3.8) is 0 Å². The van der Waals surface area contributed by atoms with E-state index in [0.29, 0.717) is 18.3 Å².